The molecule has 1 fully saturated rings. The van der Waals surface area contributed by atoms with Crippen LogP contribution >= 0.6 is 0 Å². The Kier molecular flexibility index (Phi) is 2.44. The number of hydrogen-bond acceptors (Lipinski definition) is 1. The number of benzene rings is 1. The third-order valence-electron chi connectivity index (χ3n) is 3.78. The van der Waals surface area contributed by atoms with Gasteiger partial charge in [0.15, 0.2) is 0 Å². The fourth-order valence-corrected chi connectivity index (χ4v) is 2.73. The molecule has 3 heteroatoms. The lowest BCUT2D eigenvalue weighted by molar-refractivity contribution is -0.156. The Morgan fingerprint density at radius 1 is 1.33 bits per heavy atom. The first kappa shape index (κ1) is 11.3. The third-order valence-corrected chi connectivity index (χ3v) is 3.78. The lowest BCUT2D eigenvalue weighted by Crippen LogP contribution is -2.58. The number of amides is 1. The molecule has 0 atom stereocenters. The number of nitrogens with one attached hydrogen (secondary N) is 1. The highest BCUT2D eigenvalue weighted by Gasteiger charge is 2.43. The summed E-state index contributed by atoms with van der Waals surface area (Å²) in [6, 6.07) is 8.29. The molecule has 1 N–H and O–H groups in total. The molecule has 1 aromatic carbocycles. The van der Waals surface area contributed by atoms with Gasteiger partial charge in [0, 0.05) is 30.2 Å². The van der Waals surface area contributed by atoms with Crippen LogP contribution < -0.4 is 0 Å². The number of β-lactam (4-membered cyclic amide) rings is 1. The second kappa shape index (κ2) is 3.87. The summed E-state index contributed by atoms with van der Waals surface area (Å²) < 4.78 is 0. The van der Waals surface area contributed by atoms with Crippen molar-refractivity contribution in [2.24, 2.45) is 5.41 Å². The summed E-state index contributed by atoms with van der Waals surface area (Å²) in [5.74, 6) is 0.280. The Labute approximate surface area is 107 Å². The molecule has 0 spiro atoms. The molecule has 0 aliphatic carbocycles. The molecule has 1 aliphatic heterocycles. The van der Waals surface area contributed by atoms with E-state index in [-0.39, 0.29) is 11.3 Å². The minimum atomic E-state index is -0.139. The Balaban J connectivity index is 1.70. The third kappa shape index (κ3) is 1.70. The van der Waals surface area contributed by atoms with Gasteiger partial charge in [0.05, 0.1) is 5.41 Å². The minimum Gasteiger partial charge on any atom is -0.361 e. The maximum atomic E-state index is 11.8. The number of fused-ring (bicyclic) bond motifs is 1. The average Bonchev–Trinajstić information content (AvgIpc) is 2.77. The van der Waals surface area contributed by atoms with Crippen molar-refractivity contribution in [3.63, 3.8) is 0 Å². The smallest absolute Gasteiger partial charge is 0.230 e. The number of rotatable bonds is 3. The lowest BCUT2D eigenvalue weighted by atomic mass is 9.83. The zero-order valence-corrected chi connectivity index (χ0v) is 10.9. The van der Waals surface area contributed by atoms with Gasteiger partial charge in [-0.05, 0) is 31.9 Å². The number of aromatic nitrogens is 1. The molecule has 0 radical (unpaired) electrons. The largest absolute Gasteiger partial charge is 0.361 e. The van der Waals surface area contributed by atoms with Crippen molar-refractivity contribution in [1.29, 1.82) is 0 Å². The summed E-state index contributed by atoms with van der Waals surface area (Å²) >= 11 is 0. The molecule has 1 aliphatic rings. The Morgan fingerprint density at radius 3 is 2.83 bits per heavy atom. The average molecular weight is 242 g/mol. The summed E-state index contributed by atoms with van der Waals surface area (Å²) in [6.07, 6.45) is 2.98. The Hall–Kier alpha value is -1.77. The molecular formula is C15H18N2O. The monoisotopic (exact) mass is 242 g/mol. The molecule has 0 unspecified atom stereocenters. The molecule has 3 nitrogen and oxygen atoms in total. The number of nitrogens with zero attached hydrogens (tertiary/aromatic N) is 1. The number of hydrogen-bond donors (Lipinski definition) is 1. The van der Waals surface area contributed by atoms with Crippen LogP contribution in [0.2, 0.25) is 0 Å². The van der Waals surface area contributed by atoms with Gasteiger partial charge in [0.2, 0.25) is 5.91 Å². The first-order chi connectivity index (χ1) is 8.58. The second-order valence-electron chi connectivity index (χ2n) is 5.72. The van der Waals surface area contributed by atoms with E-state index in [1.165, 1.54) is 16.5 Å². The normalized spacial score (nSPS) is 18.1. The summed E-state index contributed by atoms with van der Waals surface area (Å²) in [5, 5.41) is 1.27. The van der Waals surface area contributed by atoms with E-state index in [9.17, 15) is 4.79 Å². The number of likely N-dealkylation sites (tertiary alicyclic amines) is 1. The van der Waals surface area contributed by atoms with Crippen LogP contribution in [0.4, 0.5) is 0 Å². The minimum absolute atomic E-state index is 0.139. The molecule has 3 rings (SSSR count). The number of carbonyl (C=O) groups excluding carboxylic acids is 1. The van der Waals surface area contributed by atoms with Crippen molar-refractivity contribution >= 4 is 16.8 Å². The van der Waals surface area contributed by atoms with E-state index in [0.717, 1.165) is 19.5 Å². The molecule has 1 amide bonds. The summed E-state index contributed by atoms with van der Waals surface area (Å²) in [7, 11) is 0. The standard InChI is InChI=1S/C15H18N2O/c1-15(2)10-17(14(15)18)8-7-11-9-16-13-6-4-3-5-12(11)13/h3-6,9,16H,7-8,10H2,1-2H3. The van der Waals surface area contributed by atoms with Gasteiger partial charge in [0.25, 0.3) is 0 Å². The van der Waals surface area contributed by atoms with Gasteiger partial charge < -0.3 is 9.88 Å². The first-order valence-electron chi connectivity index (χ1n) is 6.42. The molecule has 0 bridgehead atoms. The van der Waals surface area contributed by atoms with Crippen molar-refractivity contribution in [3.05, 3.63) is 36.0 Å². The molecule has 94 valence electrons. The van der Waals surface area contributed by atoms with E-state index < -0.39 is 0 Å². The Bertz CT molecular complexity index is 597. The van der Waals surface area contributed by atoms with Crippen LogP contribution in [0.5, 0.6) is 0 Å². The topological polar surface area (TPSA) is 36.1 Å². The van der Waals surface area contributed by atoms with Crippen molar-refractivity contribution < 1.29 is 4.79 Å². The molecule has 1 saturated heterocycles. The van der Waals surface area contributed by atoms with E-state index in [2.05, 4.69) is 29.4 Å². The predicted octanol–water partition coefficient (Wildman–Crippen LogP) is 2.58. The maximum absolute atomic E-state index is 11.8. The number of carbonyl (C=O) groups is 1. The highest BCUT2D eigenvalue weighted by Crippen LogP contribution is 2.30. The SMILES string of the molecule is CC1(C)CN(CCc2c[nH]c3ccccc23)C1=O. The fraction of sp³-hybridized carbons (Fsp3) is 0.400. The molecule has 18 heavy (non-hydrogen) atoms. The quantitative estimate of drug-likeness (QED) is 0.825. The van der Waals surface area contributed by atoms with Gasteiger partial charge in [0.1, 0.15) is 0 Å². The van der Waals surface area contributed by atoms with Crippen molar-refractivity contribution in [2.45, 2.75) is 20.3 Å². The van der Waals surface area contributed by atoms with Crippen LogP contribution in [0.25, 0.3) is 10.9 Å². The van der Waals surface area contributed by atoms with Crippen LogP contribution in [0.15, 0.2) is 30.5 Å². The highest BCUT2D eigenvalue weighted by molar-refractivity contribution is 5.88. The molecule has 0 saturated carbocycles. The number of H-pyrrole nitrogens is 1. The van der Waals surface area contributed by atoms with E-state index in [1.807, 2.05) is 24.8 Å². The highest BCUT2D eigenvalue weighted by atomic mass is 16.2. The summed E-state index contributed by atoms with van der Waals surface area (Å²) in [4.78, 5) is 17.0. The van der Waals surface area contributed by atoms with Gasteiger partial charge in [-0.15, -0.1) is 0 Å². The van der Waals surface area contributed by atoms with Crippen molar-refractivity contribution in [1.82, 2.24) is 9.88 Å². The molecule has 1 aromatic heterocycles. The predicted molar refractivity (Wildman–Crippen MR) is 72.4 cm³/mol. The van der Waals surface area contributed by atoms with E-state index in [0.29, 0.717) is 0 Å². The maximum Gasteiger partial charge on any atom is 0.230 e. The Morgan fingerprint density at radius 2 is 2.11 bits per heavy atom. The van der Waals surface area contributed by atoms with Gasteiger partial charge in [-0.3, -0.25) is 4.79 Å². The van der Waals surface area contributed by atoms with Crippen molar-refractivity contribution in [3.8, 4) is 0 Å². The van der Waals surface area contributed by atoms with Crippen LogP contribution in [-0.4, -0.2) is 28.9 Å². The van der Waals surface area contributed by atoms with E-state index in [4.69, 9.17) is 0 Å². The van der Waals surface area contributed by atoms with E-state index >= 15 is 0 Å². The molecule has 2 heterocycles. The van der Waals surface area contributed by atoms with Gasteiger partial charge in [-0.2, -0.15) is 0 Å². The van der Waals surface area contributed by atoms with Crippen LogP contribution in [0, 0.1) is 5.41 Å². The van der Waals surface area contributed by atoms with Crippen LogP contribution in [0.1, 0.15) is 19.4 Å². The summed E-state index contributed by atoms with van der Waals surface area (Å²) in [5.41, 5.74) is 2.33. The number of para-hydroxylation sites is 1. The number of aromatic amines is 1. The van der Waals surface area contributed by atoms with Gasteiger partial charge >= 0.3 is 0 Å². The van der Waals surface area contributed by atoms with Crippen LogP contribution in [0.3, 0.4) is 0 Å². The zero-order valence-electron chi connectivity index (χ0n) is 10.9. The summed E-state index contributed by atoms with van der Waals surface area (Å²) in [6.45, 7) is 5.73. The molecule has 2 aromatic rings. The zero-order chi connectivity index (χ0) is 12.8. The second-order valence-corrected chi connectivity index (χ2v) is 5.72. The van der Waals surface area contributed by atoms with Crippen molar-refractivity contribution in [2.75, 3.05) is 13.1 Å². The fourth-order valence-electron chi connectivity index (χ4n) is 2.73. The lowest BCUT2D eigenvalue weighted by Gasteiger charge is -2.44. The molecular weight excluding hydrogens is 224 g/mol. The van der Waals surface area contributed by atoms with Crippen LogP contribution in [-0.2, 0) is 11.2 Å². The van der Waals surface area contributed by atoms with E-state index in [1.54, 1.807) is 0 Å². The van der Waals surface area contributed by atoms with Gasteiger partial charge in [-0.1, -0.05) is 18.2 Å². The first-order valence-corrected chi connectivity index (χ1v) is 6.42. The van der Waals surface area contributed by atoms with Gasteiger partial charge in [-0.25, -0.2) is 0 Å².